The van der Waals surface area contributed by atoms with Crippen molar-refractivity contribution < 1.29 is 18.3 Å². The van der Waals surface area contributed by atoms with Gasteiger partial charge in [-0.15, -0.1) is 0 Å². The van der Waals surface area contributed by atoms with E-state index < -0.39 is 11.9 Å². The number of hydrogen-bond donors (Lipinski definition) is 2. The summed E-state index contributed by atoms with van der Waals surface area (Å²) in [5, 5.41) is 9.12. The monoisotopic (exact) mass is 225 g/mol. The fraction of sp³-hybridized carbons (Fsp3) is 1.00. The minimum absolute atomic E-state index is 0.0992. The highest BCUT2D eigenvalue weighted by molar-refractivity contribution is 4.84. The van der Waals surface area contributed by atoms with E-state index in [0.29, 0.717) is 5.92 Å². The van der Waals surface area contributed by atoms with Gasteiger partial charge >= 0.3 is 6.18 Å². The second kappa shape index (κ2) is 4.29. The summed E-state index contributed by atoms with van der Waals surface area (Å²) in [6, 6.07) is 0. The molecule has 1 aliphatic rings. The summed E-state index contributed by atoms with van der Waals surface area (Å²) in [4.78, 5) is 0. The zero-order chi connectivity index (χ0) is 11.7. The Labute approximate surface area is 87.6 Å². The zero-order valence-electron chi connectivity index (χ0n) is 8.85. The zero-order valence-corrected chi connectivity index (χ0v) is 8.85. The molecule has 0 aromatic carbocycles. The molecular weight excluding hydrogens is 207 g/mol. The van der Waals surface area contributed by atoms with E-state index in [1.165, 1.54) is 0 Å². The van der Waals surface area contributed by atoms with Crippen LogP contribution in [0.15, 0.2) is 0 Å². The van der Waals surface area contributed by atoms with Gasteiger partial charge in [-0.2, -0.15) is 13.2 Å². The number of alkyl halides is 3. The molecule has 0 aromatic rings. The van der Waals surface area contributed by atoms with E-state index in [0.717, 1.165) is 25.7 Å². The van der Waals surface area contributed by atoms with Gasteiger partial charge in [0.2, 0.25) is 5.72 Å². The van der Waals surface area contributed by atoms with Gasteiger partial charge < -0.3 is 5.11 Å². The van der Waals surface area contributed by atoms with Crippen LogP contribution in [-0.2, 0) is 0 Å². The minimum atomic E-state index is -4.73. The number of aliphatic hydroxyl groups is 1. The van der Waals surface area contributed by atoms with Crippen molar-refractivity contribution in [2.24, 2.45) is 17.6 Å². The van der Waals surface area contributed by atoms with Crippen LogP contribution in [0.1, 0.15) is 39.0 Å². The lowest BCUT2D eigenvalue weighted by molar-refractivity contribution is -0.264. The van der Waals surface area contributed by atoms with Crippen LogP contribution in [0.25, 0.3) is 0 Å². The van der Waals surface area contributed by atoms with Gasteiger partial charge in [-0.3, -0.25) is 5.73 Å². The highest BCUT2D eigenvalue weighted by atomic mass is 19.4. The molecule has 0 heterocycles. The topological polar surface area (TPSA) is 46.2 Å². The molecule has 2 nitrogen and oxygen atoms in total. The fourth-order valence-electron chi connectivity index (χ4n) is 2.09. The van der Waals surface area contributed by atoms with E-state index in [1.807, 2.05) is 0 Å². The van der Waals surface area contributed by atoms with Gasteiger partial charge in [0, 0.05) is 6.42 Å². The maximum absolute atomic E-state index is 12.3. The summed E-state index contributed by atoms with van der Waals surface area (Å²) in [7, 11) is 0. The van der Waals surface area contributed by atoms with Crippen LogP contribution >= 0.6 is 0 Å². The van der Waals surface area contributed by atoms with Crippen LogP contribution in [-0.4, -0.2) is 17.0 Å². The Morgan fingerprint density at radius 2 is 1.67 bits per heavy atom. The molecular formula is C10H18F3NO. The Kier molecular flexibility index (Phi) is 3.66. The van der Waals surface area contributed by atoms with Gasteiger partial charge in [-0.25, -0.2) is 0 Å². The fourth-order valence-corrected chi connectivity index (χ4v) is 2.09. The van der Waals surface area contributed by atoms with Crippen molar-refractivity contribution in [1.29, 1.82) is 0 Å². The van der Waals surface area contributed by atoms with E-state index in [1.54, 1.807) is 0 Å². The van der Waals surface area contributed by atoms with Gasteiger partial charge in [0.05, 0.1) is 0 Å². The molecule has 1 saturated carbocycles. The molecule has 1 aliphatic carbocycles. The first-order valence-corrected chi connectivity index (χ1v) is 5.30. The second-order valence-corrected chi connectivity index (χ2v) is 4.75. The molecule has 3 N–H and O–H groups in total. The molecule has 0 aromatic heterocycles. The van der Waals surface area contributed by atoms with Crippen molar-refractivity contribution in [3.05, 3.63) is 0 Å². The second-order valence-electron chi connectivity index (χ2n) is 4.75. The lowest BCUT2D eigenvalue weighted by Gasteiger charge is -2.33. The van der Waals surface area contributed by atoms with Crippen LogP contribution in [0.4, 0.5) is 13.2 Å². The molecule has 0 bridgehead atoms. The molecule has 1 unspecified atom stereocenters. The SMILES string of the molecule is CC1CCC(CC(N)(O)C(F)(F)F)CC1. The Morgan fingerprint density at radius 1 is 1.20 bits per heavy atom. The number of rotatable bonds is 2. The van der Waals surface area contributed by atoms with Crippen LogP contribution in [0.3, 0.4) is 0 Å². The van der Waals surface area contributed by atoms with E-state index in [-0.39, 0.29) is 12.3 Å². The van der Waals surface area contributed by atoms with Crippen LogP contribution < -0.4 is 5.73 Å². The smallest absolute Gasteiger partial charge is 0.368 e. The summed E-state index contributed by atoms with van der Waals surface area (Å²) in [5.74, 6) is 0.482. The molecule has 0 radical (unpaired) electrons. The Balaban J connectivity index is 2.48. The van der Waals surface area contributed by atoms with Gasteiger partial charge in [0.1, 0.15) is 0 Å². The molecule has 1 atom stereocenters. The Hall–Kier alpha value is -0.290. The largest absolute Gasteiger partial charge is 0.430 e. The molecule has 90 valence electrons. The van der Waals surface area contributed by atoms with Gasteiger partial charge in [-0.1, -0.05) is 32.6 Å². The summed E-state index contributed by atoms with van der Waals surface area (Å²) < 4.78 is 36.9. The Bertz CT molecular complexity index is 207. The van der Waals surface area contributed by atoms with Crippen molar-refractivity contribution in [3.8, 4) is 0 Å². The van der Waals surface area contributed by atoms with Crippen LogP contribution in [0.5, 0.6) is 0 Å². The molecule has 0 spiro atoms. The molecule has 5 heteroatoms. The van der Waals surface area contributed by atoms with Gasteiger partial charge in [0.25, 0.3) is 0 Å². The predicted molar refractivity (Wildman–Crippen MR) is 50.9 cm³/mol. The molecule has 0 saturated heterocycles. The lowest BCUT2D eigenvalue weighted by Crippen LogP contribution is -2.54. The minimum Gasteiger partial charge on any atom is -0.368 e. The van der Waals surface area contributed by atoms with Crippen molar-refractivity contribution >= 4 is 0 Å². The number of nitrogens with two attached hydrogens (primary N) is 1. The Morgan fingerprint density at radius 3 is 2.07 bits per heavy atom. The lowest BCUT2D eigenvalue weighted by atomic mass is 9.79. The van der Waals surface area contributed by atoms with Crippen LogP contribution in [0, 0.1) is 11.8 Å². The van der Waals surface area contributed by atoms with E-state index >= 15 is 0 Å². The van der Waals surface area contributed by atoms with Crippen molar-refractivity contribution in [2.45, 2.75) is 50.9 Å². The third kappa shape index (κ3) is 3.34. The first-order chi connectivity index (χ1) is 6.72. The molecule has 0 aliphatic heterocycles. The molecule has 15 heavy (non-hydrogen) atoms. The van der Waals surface area contributed by atoms with Crippen molar-refractivity contribution in [3.63, 3.8) is 0 Å². The average molecular weight is 225 g/mol. The quantitative estimate of drug-likeness (QED) is 0.709. The maximum atomic E-state index is 12.3. The molecule has 1 rings (SSSR count). The number of halogens is 3. The first-order valence-electron chi connectivity index (χ1n) is 5.30. The highest BCUT2D eigenvalue weighted by Gasteiger charge is 2.51. The first kappa shape index (κ1) is 12.8. The third-order valence-electron chi connectivity index (χ3n) is 3.23. The van der Waals surface area contributed by atoms with E-state index in [4.69, 9.17) is 10.8 Å². The summed E-state index contributed by atoms with van der Waals surface area (Å²) in [6.45, 7) is 2.09. The summed E-state index contributed by atoms with van der Waals surface area (Å²) >= 11 is 0. The summed E-state index contributed by atoms with van der Waals surface area (Å²) in [6.07, 6.45) is -1.77. The van der Waals surface area contributed by atoms with E-state index in [2.05, 4.69) is 6.92 Å². The highest BCUT2D eigenvalue weighted by Crippen LogP contribution is 2.37. The predicted octanol–water partition coefficient (Wildman–Crippen LogP) is 2.41. The van der Waals surface area contributed by atoms with Crippen molar-refractivity contribution in [1.82, 2.24) is 0 Å². The van der Waals surface area contributed by atoms with E-state index in [9.17, 15) is 13.2 Å². The van der Waals surface area contributed by atoms with Gasteiger partial charge in [-0.05, 0) is 11.8 Å². The summed E-state index contributed by atoms with van der Waals surface area (Å²) in [5.41, 5.74) is 1.87. The molecule has 0 amide bonds. The maximum Gasteiger partial charge on any atom is 0.430 e. The average Bonchev–Trinajstić information content (AvgIpc) is 2.06. The van der Waals surface area contributed by atoms with Gasteiger partial charge in [0.15, 0.2) is 0 Å². The third-order valence-corrected chi connectivity index (χ3v) is 3.23. The van der Waals surface area contributed by atoms with Crippen molar-refractivity contribution in [2.75, 3.05) is 0 Å². The normalized spacial score (nSPS) is 32.4. The standard InChI is InChI=1S/C10H18F3NO/c1-7-2-4-8(5-3-7)6-9(14,15)10(11,12)13/h7-8,15H,2-6,14H2,1H3. The van der Waals surface area contributed by atoms with Crippen LogP contribution in [0.2, 0.25) is 0 Å². The number of hydrogen-bond acceptors (Lipinski definition) is 2. The molecule has 1 fully saturated rings.